The molecule has 2 aromatic carbocycles. The molecular formula is C52H68N16O12. The number of amides is 4. The van der Waals surface area contributed by atoms with Crippen molar-refractivity contribution >= 4 is 52.4 Å². The minimum absolute atomic E-state index is 0.0110. The van der Waals surface area contributed by atoms with Gasteiger partial charge >= 0.3 is 17.9 Å². The number of nitrogens with zero attached hydrogens (tertiary/aromatic N) is 13. The highest BCUT2D eigenvalue weighted by atomic mass is 16.5. The molecule has 28 nitrogen and oxygen atoms in total. The average Bonchev–Trinajstić information content (AvgIpc) is 3.83. The van der Waals surface area contributed by atoms with Crippen LogP contribution in [0.25, 0.3) is 22.3 Å². The SMILES string of the molecule is Cc1nnc(-c2cc(C(=O)NCCCCNC(=O)CN3CN(CC(=O)O)CCN(CC(=O)O)CN(CC(=O)O)C3)cc(C(=O)N3CCN(CCCOc4ccc5nccc(C(=O)NCC[N+]6([O-])CCCC6C#N)c5c4)CC3)c2)nn1. The van der Waals surface area contributed by atoms with Gasteiger partial charge in [0.05, 0.1) is 83.5 Å². The summed E-state index contributed by atoms with van der Waals surface area (Å²) in [7, 11) is 0. The van der Waals surface area contributed by atoms with Crippen LogP contribution in [-0.4, -0.2) is 254 Å². The monoisotopic (exact) mass is 1110 g/mol. The number of rotatable bonds is 25. The van der Waals surface area contributed by atoms with Crippen molar-refractivity contribution < 1.29 is 58.3 Å². The number of benzene rings is 2. The predicted molar refractivity (Wildman–Crippen MR) is 285 cm³/mol. The topological polar surface area (TPSA) is 356 Å². The van der Waals surface area contributed by atoms with E-state index in [4.69, 9.17) is 4.74 Å². The molecule has 3 saturated heterocycles. The molecule has 28 heteroatoms. The van der Waals surface area contributed by atoms with Crippen LogP contribution in [0.15, 0.2) is 48.7 Å². The molecule has 0 spiro atoms. The van der Waals surface area contributed by atoms with Gasteiger partial charge in [-0.3, -0.25) is 63.0 Å². The van der Waals surface area contributed by atoms with Crippen LogP contribution in [-0.2, 0) is 19.2 Å². The smallest absolute Gasteiger partial charge is 0.317 e. The molecule has 0 bridgehead atoms. The second-order valence-corrected chi connectivity index (χ2v) is 20.1. The lowest BCUT2D eigenvalue weighted by atomic mass is 10.0. The largest absolute Gasteiger partial charge is 0.632 e. The fraction of sp³-hybridized carbons (Fsp3) is 0.519. The van der Waals surface area contributed by atoms with E-state index >= 15 is 0 Å². The van der Waals surface area contributed by atoms with Gasteiger partial charge in [0, 0.05) is 100 Å². The molecular weight excluding hydrogens is 1040 g/mol. The Balaban J connectivity index is 0.866. The second-order valence-electron chi connectivity index (χ2n) is 20.1. The quantitative estimate of drug-likeness (QED) is 0.0282. The van der Waals surface area contributed by atoms with Crippen molar-refractivity contribution in [2.24, 2.45) is 0 Å². The van der Waals surface area contributed by atoms with Crippen LogP contribution in [0.5, 0.6) is 5.75 Å². The molecule has 0 radical (unpaired) electrons. The maximum atomic E-state index is 14.1. The molecule has 3 aliphatic heterocycles. The number of aliphatic carboxylic acids is 3. The van der Waals surface area contributed by atoms with Crippen molar-refractivity contribution in [3.63, 3.8) is 0 Å². The number of aromatic nitrogens is 5. The number of nitriles is 1. The number of carbonyl (C=O) groups is 7. The van der Waals surface area contributed by atoms with E-state index in [1.54, 1.807) is 64.2 Å². The molecule has 80 heavy (non-hydrogen) atoms. The molecule has 4 aromatic rings. The number of ether oxygens (including phenoxy) is 1. The fourth-order valence-electron chi connectivity index (χ4n) is 9.92. The molecule has 6 N–H and O–H groups in total. The van der Waals surface area contributed by atoms with Gasteiger partial charge in [-0.2, -0.15) is 5.26 Å². The number of hydrogen-bond acceptors (Lipinski definition) is 20. The molecule has 5 heterocycles. The highest BCUT2D eigenvalue weighted by molar-refractivity contribution is 6.06. The van der Waals surface area contributed by atoms with Crippen molar-refractivity contribution in [3.8, 4) is 23.2 Å². The lowest BCUT2D eigenvalue weighted by molar-refractivity contribution is -0.883. The Morgan fingerprint density at radius 2 is 1.32 bits per heavy atom. The van der Waals surface area contributed by atoms with Crippen LogP contribution in [0.1, 0.15) is 69.0 Å². The van der Waals surface area contributed by atoms with Crippen molar-refractivity contribution in [1.82, 2.24) is 70.7 Å². The number of aryl methyl sites for hydroxylation is 1. The first kappa shape index (κ1) is 59.7. The standard InChI is InChI=1S/C52H68N16O12/c1-36-58-60-49(61-59-36)37-24-38(50(76)56-11-3-2-10-55-45(69)29-65-33-63(30-46(70)71)15-16-64(31-47(72)73)34-66(35-65)32-48(74)75)26-39(25-37)52(78)67-19-17-62(18-20-67)14-5-23-80-41-7-8-44-43(27-41)42(9-12-54-44)51(77)57-13-22-68(79)21-4-6-40(68)28-53/h7-9,12,24-27,40H,2-6,10-11,13-23,29-35H2,1H3,(H,55,69)(H,56,76)(H,57,77)(H,70,71)(H,72,73)(H,74,75). The Morgan fingerprint density at radius 1 is 0.713 bits per heavy atom. The number of carboxylic acids is 3. The van der Waals surface area contributed by atoms with Gasteiger partial charge in [-0.15, -0.1) is 20.4 Å². The third-order valence-corrected chi connectivity index (χ3v) is 13.9. The number of pyridine rings is 1. The van der Waals surface area contributed by atoms with Gasteiger partial charge < -0.3 is 50.8 Å². The zero-order valence-electron chi connectivity index (χ0n) is 44.7. The third kappa shape index (κ3) is 17.5. The molecule has 428 valence electrons. The minimum Gasteiger partial charge on any atom is -0.632 e. The summed E-state index contributed by atoms with van der Waals surface area (Å²) >= 11 is 0. The Kier molecular flexibility index (Phi) is 21.5. The maximum Gasteiger partial charge on any atom is 0.317 e. The number of unbranched alkanes of at least 4 members (excludes halogenated alkanes) is 1. The van der Waals surface area contributed by atoms with E-state index in [0.29, 0.717) is 112 Å². The van der Waals surface area contributed by atoms with E-state index in [-0.39, 0.29) is 108 Å². The first-order valence-electron chi connectivity index (χ1n) is 26.5. The highest BCUT2D eigenvalue weighted by Gasteiger charge is 2.34. The van der Waals surface area contributed by atoms with Crippen LogP contribution < -0.4 is 20.7 Å². The van der Waals surface area contributed by atoms with E-state index in [2.05, 4.69) is 52.3 Å². The van der Waals surface area contributed by atoms with E-state index in [1.165, 1.54) is 15.9 Å². The van der Waals surface area contributed by atoms with Gasteiger partial charge in [0.25, 0.3) is 17.7 Å². The fourth-order valence-corrected chi connectivity index (χ4v) is 9.92. The number of hydroxylamine groups is 3. The Labute approximate surface area is 461 Å². The number of carbonyl (C=O) groups excluding carboxylic acids is 4. The summed E-state index contributed by atoms with van der Waals surface area (Å²) in [6.07, 6.45) is 4.42. The van der Waals surface area contributed by atoms with Crippen LogP contribution in [0.3, 0.4) is 0 Å². The molecule has 0 aliphatic carbocycles. The average molecular weight is 1110 g/mol. The van der Waals surface area contributed by atoms with Crippen LogP contribution in [0.2, 0.25) is 0 Å². The maximum absolute atomic E-state index is 14.1. The van der Waals surface area contributed by atoms with Crippen molar-refractivity contribution in [3.05, 3.63) is 76.4 Å². The summed E-state index contributed by atoms with van der Waals surface area (Å²) in [5, 5.41) is 76.3. The van der Waals surface area contributed by atoms with Crippen LogP contribution >= 0.6 is 0 Å². The number of hydrogen-bond donors (Lipinski definition) is 6. The third-order valence-electron chi connectivity index (χ3n) is 13.9. The zero-order chi connectivity index (χ0) is 57.2. The number of nitrogens with one attached hydrogen (secondary N) is 3. The van der Waals surface area contributed by atoms with E-state index in [0.717, 1.165) is 0 Å². The van der Waals surface area contributed by atoms with Gasteiger partial charge in [0.1, 0.15) is 11.8 Å². The lowest BCUT2D eigenvalue weighted by Crippen LogP contribution is -2.50. The number of likely N-dealkylation sites (tertiary alicyclic amines) is 1. The molecule has 0 saturated carbocycles. The van der Waals surface area contributed by atoms with Gasteiger partial charge in [-0.05, 0) is 68.7 Å². The first-order valence-corrected chi connectivity index (χ1v) is 26.5. The minimum atomic E-state index is -1.15. The van der Waals surface area contributed by atoms with Gasteiger partial charge in [0.15, 0.2) is 11.9 Å². The molecule has 2 atom stereocenters. The Bertz CT molecular complexity index is 2890. The summed E-state index contributed by atoms with van der Waals surface area (Å²) in [6, 6.07) is 13.2. The molecule has 3 aliphatic rings. The summed E-state index contributed by atoms with van der Waals surface area (Å²) < 4.78 is 5.49. The summed E-state index contributed by atoms with van der Waals surface area (Å²) in [6.45, 7) is 4.75. The van der Waals surface area contributed by atoms with Crippen molar-refractivity contribution in [2.45, 2.75) is 45.1 Å². The zero-order valence-corrected chi connectivity index (χ0v) is 44.7. The molecule has 4 amide bonds. The number of carboxylic acid groups (broad SMARTS) is 3. The number of quaternary nitrogens is 1. The van der Waals surface area contributed by atoms with E-state index < -0.39 is 47.0 Å². The predicted octanol–water partition coefficient (Wildman–Crippen LogP) is -0.278. The number of fused-ring (bicyclic) bond motifs is 1. The van der Waals surface area contributed by atoms with E-state index in [9.17, 15) is 59.4 Å². The molecule has 3 fully saturated rings. The van der Waals surface area contributed by atoms with Crippen LogP contribution in [0.4, 0.5) is 0 Å². The summed E-state index contributed by atoms with van der Waals surface area (Å²) in [5.41, 5.74) is 1.83. The van der Waals surface area contributed by atoms with E-state index in [1.807, 2.05) is 0 Å². The van der Waals surface area contributed by atoms with Gasteiger partial charge in [-0.1, -0.05) is 0 Å². The van der Waals surface area contributed by atoms with Crippen molar-refractivity contribution in [2.75, 3.05) is 131 Å². The van der Waals surface area contributed by atoms with Gasteiger partial charge in [0.2, 0.25) is 11.7 Å². The highest BCUT2D eigenvalue weighted by Crippen LogP contribution is 2.26. The van der Waals surface area contributed by atoms with Crippen LogP contribution in [0, 0.1) is 23.5 Å². The lowest BCUT2D eigenvalue weighted by Gasteiger charge is -2.41. The summed E-state index contributed by atoms with van der Waals surface area (Å²) in [4.78, 5) is 103. The summed E-state index contributed by atoms with van der Waals surface area (Å²) in [5.74, 6) is -3.83. The molecule has 7 rings (SSSR count). The number of piperazine rings is 1. The second kappa shape index (κ2) is 28.8. The van der Waals surface area contributed by atoms with Gasteiger partial charge in [-0.25, -0.2) is 0 Å². The normalized spacial score (nSPS) is 18.8. The Hall–Kier alpha value is -7.91. The Morgan fingerprint density at radius 3 is 2.00 bits per heavy atom. The van der Waals surface area contributed by atoms with Crippen molar-refractivity contribution in [1.29, 1.82) is 5.26 Å². The molecule has 2 unspecified atom stereocenters. The first-order chi connectivity index (χ1) is 38.4. The molecule has 2 aromatic heterocycles.